The molecule has 176 valence electrons. The van der Waals surface area contributed by atoms with Gasteiger partial charge in [0.2, 0.25) is 11.8 Å². The lowest BCUT2D eigenvalue weighted by Crippen LogP contribution is -2.48. The molecule has 0 spiro atoms. The van der Waals surface area contributed by atoms with Crippen LogP contribution in [0.1, 0.15) is 71.9 Å². The number of hydrogen-bond donors (Lipinski definition) is 1. The minimum atomic E-state index is -3.88. The predicted molar refractivity (Wildman–Crippen MR) is 113 cm³/mol. The quantitative estimate of drug-likeness (QED) is 0.632. The Balaban J connectivity index is 1.63. The van der Waals surface area contributed by atoms with Crippen molar-refractivity contribution in [1.29, 1.82) is 0 Å². The van der Waals surface area contributed by atoms with E-state index in [1.807, 2.05) is 13.8 Å². The van der Waals surface area contributed by atoms with E-state index in [2.05, 4.69) is 10.5 Å². The SMILES string of the molecule is CC(C)(COC1CCCCO1)c1cc(NC(=O)C(C)(C)S(=O)(=O)C2CC[C@@H](F)C2)on1. The molecule has 1 aliphatic carbocycles. The molecule has 1 amide bonds. The van der Waals surface area contributed by atoms with Crippen molar-refractivity contribution >= 4 is 21.6 Å². The Labute approximate surface area is 183 Å². The molecule has 2 heterocycles. The molecule has 1 saturated heterocycles. The monoisotopic (exact) mass is 460 g/mol. The number of aromatic nitrogens is 1. The average molecular weight is 461 g/mol. The van der Waals surface area contributed by atoms with E-state index >= 15 is 0 Å². The van der Waals surface area contributed by atoms with Crippen LogP contribution in [0.2, 0.25) is 0 Å². The standard InChI is InChI=1S/C21H33FN2O6S/c1-20(2,13-29-18-7-5-6-10-28-18)16-12-17(30-24-16)23-19(25)21(3,4)31(26,27)15-9-8-14(22)11-15/h12,14-15,18H,5-11,13H2,1-4H3,(H,23,25)/t14-,15?,18?/m1/s1. The smallest absolute Gasteiger partial charge is 0.247 e. The summed E-state index contributed by atoms with van der Waals surface area (Å²) >= 11 is 0. The van der Waals surface area contributed by atoms with E-state index in [0.717, 1.165) is 19.3 Å². The Kier molecular flexibility index (Phi) is 7.12. The van der Waals surface area contributed by atoms with E-state index in [9.17, 15) is 17.6 Å². The number of alkyl halides is 1. The largest absolute Gasteiger partial charge is 0.353 e. The molecule has 3 rings (SSSR count). The molecule has 0 radical (unpaired) electrons. The van der Waals surface area contributed by atoms with Gasteiger partial charge in [-0.05, 0) is 52.4 Å². The van der Waals surface area contributed by atoms with Crippen molar-refractivity contribution < 1.29 is 31.6 Å². The first kappa shape index (κ1) is 24.1. The summed E-state index contributed by atoms with van der Waals surface area (Å²) in [5.41, 5.74) is 0.0600. The van der Waals surface area contributed by atoms with E-state index in [1.54, 1.807) is 6.07 Å². The highest BCUT2D eigenvalue weighted by Crippen LogP contribution is 2.35. The van der Waals surface area contributed by atoms with Crippen molar-refractivity contribution in [3.8, 4) is 0 Å². The van der Waals surface area contributed by atoms with E-state index in [4.69, 9.17) is 14.0 Å². The first-order chi connectivity index (χ1) is 14.4. The van der Waals surface area contributed by atoms with E-state index in [1.165, 1.54) is 13.8 Å². The number of hydrogen-bond acceptors (Lipinski definition) is 7. The molecule has 0 aromatic carbocycles. The van der Waals surface area contributed by atoms with Crippen molar-refractivity contribution in [3.05, 3.63) is 11.8 Å². The van der Waals surface area contributed by atoms with Crippen molar-refractivity contribution in [2.75, 3.05) is 18.5 Å². The number of halogens is 1. The molecular formula is C21H33FN2O6S. The molecule has 10 heteroatoms. The lowest BCUT2D eigenvalue weighted by Gasteiger charge is -2.28. The number of ether oxygens (including phenoxy) is 2. The fraction of sp³-hybridized carbons (Fsp3) is 0.810. The van der Waals surface area contributed by atoms with Gasteiger partial charge in [-0.3, -0.25) is 10.1 Å². The van der Waals surface area contributed by atoms with Gasteiger partial charge in [0.15, 0.2) is 16.1 Å². The van der Waals surface area contributed by atoms with Crippen LogP contribution in [0.25, 0.3) is 0 Å². The van der Waals surface area contributed by atoms with Gasteiger partial charge in [0.1, 0.15) is 10.9 Å². The molecule has 1 aliphatic heterocycles. The van der Waals surface area contributed by atoms with Crippen molar-refractivity contribution in [2.24, 2.45) is 0 Å². The Morgan fingerprint density at radius 1 is 1.26 bits per heavy atom. The van der Waals surface area contributed by atoms with E-state index in [-0.39, 0.29) is 31.4 Å². The molecule has 2 fully saturated rings. The highest BCUT2D eigenvalue weighted by molar-refractivity contribution is 7.94. The van der Waals surface area contributed by atoms with Crippen LogP contribution in [0.3, 0.4) is 0 Å². The number of carbonyl (C=O) groups is 1. The fourth-order valence-electron chi connectivity index (χ4n) is 3.85. The van der Waals surface area contributed by atoms with Gasteiger partial charge in [0.25, 0.3) is 0 Å². The van der Waals surface area contributed by atoms with Gasteiger partial charge in [0, 0.05) is 18.1 Å². The number of nitrogens with zero attached hydrogens (tertiary/aromatic N) is 1. The predicted octanol–water partition coefficient (Wildman–Crippen LogP) is 3.52. The number of carbonyl (C=O) groups excluding carboxylic acids is 1. The van der Waals surface area contributed by atoms with Gasteiger partial charge >= 0.3 is 0 Å². The van der Waals surface area contributed by atoms with Crippen LogP contribution in [0, 0.1) is 0 Å². The van der Waals surface area contributed by atoms with Crippen LogP contribution >= 0.6 is 0 Å². The second kappa shape index (κ2) is 9.15. The molecule has 1 N–H and O–H groups in total. The van der Waals surface area contributed by atoms with Crippen molar-refractivity contribution in [1.82, 2.24) is 5.16 Å². The third-order valence-electron chi connectivity index (χ3n) is 6.23. The average Bonchev–Trinajstić information content (AvgIpc) is 3.37. The zero-order valence-electron chi connectivity index (χ0n) is 18.6. The van der Waals surface area contributed by atoms with Crippen LogP contribution in [0.4, 0.5) is 10.3 Å². The summed E-state index contributed by atoms with van der Waals surface area (Å²) in [6, 6.07) is 1.57. The minimum Gasteiger partial charge on any atom is -0.353 e. The van der Waals surface area contributed by atoms with Gasteiger partial charge in [-0.25, -0.2) is 12.8 Å². The summed E-state index contributed by atoms with van der Waals surface area (Å²) in [6.45, 7) is 7.58. The molecule has 0 bridgehead atoms. The Morgan fingerprint density at radius 3 is 2.61 bits per heavy atom. The van der Waals surface area contributed by atoms with E-state index < -0.39 is 37.3 Å². The van der Waals surface area contributed by atoms with Crippen LogP contribution < -0.4 is 5.32 Å². The van der Waals surface area contributed by atoms with Gasteiger partial charge in [-0.15, -0.1) is 0 Å². The lowest BCUT2D eigenvalue weighted by molar-refractivity contribution is -0.170. The molecule has 31 heavy (non-hydrogen) atoms. The molecule has 1 saturated carbocycles. The third kappa shape index (κ3) is 5.28. The third-order valence-corrected chi connectivity index (χ3v) is 9.14. The van der Waals surface area contributed by atoms with Crippen LogP contribution in [0.15, 0.2) is 10.6 Å². The summed E-state index contributed by atoms with van der Waals surface area (Å²) in [5.74, 6) is -0.678. The Hall–Kier alpha value is -1.52. The number of amides is 1. The molecule has 1 aromatic heterocycles. The number of nitrogens with one attached hydrogen (secondary N) is 1. The maximum absolute atomic E-state index is 13.5. The zero-order chi connectivity index (χ0) is 22.9. The lowest BCUT2D eigenvalue weighted by atomic mass is 9.90. The van der Waals surface area contributed by atoms with Gasteiger partial charge < -0.3 is 14.0 Å². The van der Waals surface area contributed by atoms with Crippen LogP contribution in [0.5, 0.6) is 0 Å². The Morgan fingerprint density at radius 2 is 2.00 bits per heavy atom. The number of sulfone groups is 1. The minimum absolute atomic E-state index is 0.0556. The van der Waals surface area contributed by atoms with Gasteiger partial charge in [0.05, 0.1) is 17.6 Å². The molecule has 2 unspecified atom stereocenters. The summed E-state index contributed by atoms with van der Waals surface area (Å²) in [6.07, 6.45) is 1.95. The number of rotatable bonds is 8. The second-order valence-electron chi connectivity index (χ2n) is 9.61. The molecule has 1 aromatic rings. The van der Waals surface area contributed by atoms with E-state index in [0.29, 0.717) is 18.9 Å². The van der Waals surface area contributed by atoms with Crippen molar-refractivity contribution in [2.45, 2.75) is 94.1 Å². The molecular weight excluding hydrogens is 427 g/mol. The van der Waals surface area contributed by atoms with Crippen LogP contribution in [-0.2, 0) is 29.5 Å². The van der Waals surface area contributed by atoms with Crippen LogP contribution in [-0.4, -0.2) is 55.2 Å². The second-order valence-corrected chi connectivity index (χ2v) is 12.4. The molecule has 8 nitrogen and oxygen atoms in total. The fourth-order valence-corrected chi connectivity index (χ4v) is 5.90. The molecule has 3 atom stereocenters. The normalized spacial score (nSPS) is 25.5. The summed E-state index contributed by atoms with van der Waals surface area (Å²) in [7, 11) is -3.88. The maximum atomic E-state index is 13.5. The first-order valence-electron chi connectivity index (χ1n) is 10.8. The molecule has 2 aliphatic rings. The summed E-state index contributed by atoms with van der Waals surface area (Å²) < 4.78 is 54.3. The highest BCUT2D eigenvalue weighted by atomic mass is 32.2. The highest BCUT2D eigenvalue weighted by Gasteiger charge is 2.48. The van der Waals surface area contributed by atoms with Gasteiger partial charge in [-0.2, -0.15) is 0 Å². The summed E-state index contributed by atoms with van der Waals surface area (Å²) in [4.78, 5) is 12.8. The Bertz CT molecular complexity index is 876. The van der Waals surface area contributed by atoms with Gasteiger partial charge in [-0.1, -0.05) is 19.0 Å². The van der Waals surface area contributed by atoms with Crippen molar-refractivity contribution in [3.63, 3.8) is 0 Å². The first-order valence-corrected chi connectivity index (χ1v) is 12.4. The number of anilines is 1. The summed E-state index contributed by atoms with van der Waals surface area (Å²) in [5, 5.41) is 5.69. The topological polar surface area (TPSA) is 108 Å². The maximum Gasteiger partial charge on any atom is 0.247 e. The zero-order valence-corrected chi connectivity index (χ0v) is 19.5.